The van der Waals surface area contributed by atoms with E-state index in [2.05, 4.69) is 4.99 Å². The second-order valence-corrected chi connectivity index (χ2v) is 5.52. The zero-order valence-electron chi connectivity index (χ0n) is 11.2. The Balaban J connectivity index is 1.93. The summed E-state index contributed by atoms with van der Waals surface area (Å²) >= 11 is 5.89. The monoisotopic (exact) mass is 299 g/mol. The summed E-state index contributed by atoms with van der Waals surface area (Å²) in [6.07, 6.45) is 0.628. The van der Waals surface area contributed by atoms with E-state index in [0.29, 0.717) is 11.4 Å². The average molecular weight is 300 g/mol. The number of benzene rings is 2. The lowest BCUT2D eigenvalue weighted by Crippen LogP contribution is -2.22. The van der Waals surface area contributed by atoms with Crippen molar-refractivity contribution in [1.82, 2.24) is 0 Å². The Morgan fingerprint density at radius 1 is 1.10 bits per heavy atom. The second-order valence-electron chi connectivity index (χ2n) is 5.09. The maximum absolute atomic E-state index is 11.5. The van der Waals surface area contributed by atoms with Crippen LogP contribution in [0.2, 0.25) is 5.02 Å². The molecule has 0 saturated heterocycles. The molecule has 1 aliphatic heterocycles. The molecule has 4 heteroatoms. The molecule has 21 heavy (non-hydrogen) atoms. The third kappa shape index (κ3) is 2.83. The summed E-state index contributed by atoms with van der Waals surface area (Å²) in [5.74, 6) is -0.998. The van der Waals surface area contributed by atoms with Gasteiger partial charge in [0, 0.05) is 16.7 Å². The van der Waals surface area contributed by atoms with Crippen molar-refractivity contribution in [2.45, 2.75) is 18.4 Å². The SMILES string of the molecule is O=C(O)[C@H]1N=C(c2ccc(Cl)cc2)C[C@@H]1c1ccccc1. The zero-order chi connectivity index (χ0) is 14.8. The molecule has 0 bridgehead atoms. The minimum Gasteiger partial charge on any atom is -0.480 e. The Hall–Kier alpha value is -2.13. The van der Waals surface area contributed by atoms with Crippen LogP contribution in [0.25, 0.3) is 0 Å². The van der Waals surface area contributed by atoms with Gasteiger partial charge in [0.1, 0.15) is 0 Å². The summed E-state index contributed by atoms with van der Waals surface area (Å²) in [6, 6.07) is 16.3. The zero-order valence-corrected chi connectivity index (χ0v) is 12.0. The predicted molar refractivity (Wildman–Crippen MR) is 83.2 cm³/mol. The maximum atomic E-state index is 11.5. The molecule has 3 nitrogen and oxygen atoms in total. The number of carboxylic acids is 1. The van der Waals surface area contributed by atoms with E-state index in [1.807, 2.05) is 42.5 Å². The number of hydrogen-bond donors (Lipinski definition) is 1. The molecule has 0 amide bonds. The minimum atomic E-state index is -0.882. The van der Waals surface area contributed by atoms with Crippen molar-refractivity contribution in [3.05, 3.63) is 70.7 Å². The van der Waals surface area contributed by atoms with Crippen LogP contribution in [0.3, 0.4) is 0 Å². The second kappa shape index (κ2) is 5.70. The Kier molecular flexibility index (Phi) is 3.76. The van der Waals surface area contributed by atoms with Crippen LogP contribution in [-0.4, -0.2) is 22.8 Å². The molecule has 0 aromatic heterocycles. The molecule has 2 aromatic carbocycles. The number of halogens is 1. The van der Waals surface area contributed by atoms with E-state index in [-0.39, 0.29) is 5.92 Å². The molecule has 0 spiro atoms. The fourth-order valence-electron chi connectivity index (χ4n) is 2.69. The smallest absolute Gasteiger partial charge is 0.329 e. The number of aliphatic imine (C=N–C) groups is 1. The van der Waals surface area contributed by atoms with Crippen molar-refractivity contribution in [2.24, 2.45) is 4.99 Å². The molecule has 0 unspecified atom stereocenters. The fraction of sp³-hybridized carbons (Fsp3) is 0.176. The van der Waals surface area contributed by atoms with Crippen LogP contribution in [0, 0.1) is 0 Å². The van der Waals surface area contributed by atoms with Crippen molar-refractivity contribution >= 4 is 23.3 Å². The van der Waals surface area contributed by atoms with E-state index in [1.165, 1.54) is 0 Å². The fourth-order valence-corrected chi connectivity index (χ4v) is 2.82. The van der Waals surface area contributed by atoms with Gasteiger partial charge in [0.25, 0.3) is 0 Å². The van der Waals surface area contributed by atoms with Crippen LogP contribution >= 0.6 is 11.6 Å². The lowest BCUT2D eigenvalue weighted by Gasteiger charge is -2.14. The topological polar surface area (TPSA) is 49.7 Å². The highest BCUT2D eigenvalue weighted by Gasteiger charge is 2.35. The van der Waals surface area contributed by atoms with Gasteiger partial charge in [0.05, 0.1) is 0 Å². The van der Waals surface area contributed by atoms with Gasteiger partial charge in [0.15, 0.2) is 6.04 Å². The van der Waals surface area contributed by atoms with Gasteiger partial charge in [-0.1, -0.05) is 54.1 Å². The van der Waals surface area contributed by atoms with Gasteiger partial charge in [-0.15, -0.1) is 0 Å². The lowest BCUT2D eigenvalue weighted by atomic mass is 9.89. The van der Waals surface area contributed by atoms with Crippen molar-refractivity contribution in [1.29, 1.82) is 0 Å². The maximum Gasteiger partial charge on any atom is 0.329 e. The van der Waals surface area contributed by atoms with Crippen LogP contribution in [-0.2, 0) is 4.79 Å². The van der Waals surface area contributed by atoms with Gasteiger partial charge in [-0.05, 0) is 29.7 Å². The average Bonchev–Trinajstić information content (AvgIpc) is 2.94. The Morgan fingerprint density at radius 2 is 1.76 bits per heavy atom. The van der Waals surface area contributed by atoms with Gasteiger partial charge in [-0.2, -0.15) is 0 Å². The van der Waals surface area contributed by atoms with E-state index in [4.69, 9.17) is 11.6 Å². The molecule has 0 saturated carbocycles. The first-order chi connectivity index (χ1) is 10.1. The number of carboxylic acid groups (broad SMARTS) is 1. The van der Waals surface area contributed by atoms with Crippen LogP contribution in [0.4, 0.5) is 0 Å². The summed E-state index contributed by atoms with van der Waals surface area (Å²) in [5, 5.41) is 10.1. The Labute approximate surface area is 127 Å². The summed E-state index contributed by atoms with van der Waals surface area (Å²) < 4.78 is 0. The van der Waals surface area contributed by atoms with Crippen molar-refractivity contribution in [2.75, 3.05) is 0 Å². The number of carbonyl (C=O) groups is 1. The molecule has 1 aliphatic rings. The van der Waals surface area contributed by atoms with E-state index in [0.717, 1.165) is 16.8 Å². The molecule has 1 N–H and O–H groups in total. The molecule has 1 heterocycles. The quantitative estimate of drug-likeness (QED) is 0.938. The van der Waals surface area contributed by atoms with Crippen LogP contribution in [0.15, 0.2) is 59.6 Å². The highest BCUT2D eigenvalue weighted by Crippen LogP contribution is 2.33. The minimum absolute atomic E-state index is 0.116. The Morgan fingerprint density at radius 3 is 2.38 bits per heavy atom. The number of aliphatic carboxylic acids is 1. The molecule has 0 radical (unpaired) electrons. The van der Waals surface area contributed by atoms with Crippen molar-refractivity contribution < 1.29 is 9.90 Å². The van der Waals surface area contributed by atoms with E-state index >= 15 is 0 Å². The third-order valence-electron chi connectivity index (χ3n) is 3.75. The molecule has 2 aromatic rings. The highest BCUT2D eigenvalue weighted by atomic mass is 35.5. The number of hydrogen-bond acceptors (Lipinski definition) is 2. The summed E-state index contributed by atoms with van der Waals surface area (Å²) in [6.45, 7) is 0. The Bertz CT molecular complexity index is 680. The lowest BCUT2D eigenvalue weighted by molar-refractivity contribution is -0.138. The van der Waals surface area contributed by atoms with Gasteiger partial charge >= 0.3 is 5.97 Å². The van der Waals surface area contributed by atoms with Crippen LogP contribution in [0.1, 0.15) is 23.5 Å². The predicted octanol–water partition coefficient (Wildman–Crippen LogP) is 3.77. The first kappa shape index (κ1) is 13.8. The molecule has 0 aliphatic carbocycles. The third-order valence-corrected chi connectivity index (χ3v) is 4.00. The summed E-state index contributed by atoms with van der Waals surface area (Å²) in [7, 11) is 0. The van der Waals surface area contributed by atoms with E-state index in [1.54, 1.807) is 12.1 Å². The normalized spacial score (nSPS) is 21.1. The molecule has 2 atom stereocenters. The molecule has 3 rings (SSSR count). The van der Waals surface area contributed by atoms with Crippen LogP contribution < -0.4 is 0 Å². The number of rotatable bonds is 3. The highest BCUT2D eigenvalue weighted by molar-refractivity contribution is 6.30. The van der Waals surface area contributed by atoms with Gasteiger partial charge in [-0.25, -0.2) is 4.79 Å². The van der Waals surface area contributed by atoms with Gasteiger partial charge < -0.3 is 5.11 Å². The number of nitrogens with zero attached hydrogens (tertiary/aromatic N) is 1. The van der Waals surface area contributed by atoms with Gasteiger partial charge in [0.2, 0.25) is 0 Å². The van der Waals surface area contributed by atoms with Crippen molar-refractivity contribution in [3.8, 4) is 0 Å². The molecular formula is C17H14ClNO2. The molecule has 0 fully saturated rings. The first-order valence-electron chi connectivity index (χ1n) is 6.75. The molecular weight excluding hydrogens is 286 g/mol. The standard InChI is InChI=1S/C17H14ClNO2/c18-13-8-6-12(7-9-13)15-10-14(16(19-15)17(20)21)11-4-2-1-3-5-11/h1-9,14,16H,10H2,(H,20,21)/t14-,16+/m1/s1. The molecule has 106 valence electrons. The van der Waals surface area contributed by atoms with E-state index < -0.39 is 12.0 Å². The van der Waals surface area contributed by atoms with Crippen LogP contribution in [0.5, 0.6) is 0 Å². The summed E-state index contributed by atoms with van der Waals surface area (Å²) in [4.78, 5) is 15.9. The largest absolute Gasteiger partial charge is 0.480 e. The summed E-state index contributed by atoms with van der Waals surface area (Å²) in [5.41, 5.74) is 2.77. The van der Waals surface area contributed by atoms with E-state index in [9.17, 15) is 9.90 Å². The first-order valence-corrected chi connectivity index (χ1v) is 7.13. The van der Waals surface area contributed by atoms with Gasteiger partial charge in [-0.3, -0.25) is 4.99 Å². The van der Waals surface area contributed by atoms with Crippen molar-refractivity contribution in [3.63, 3.8) is 0 Å².